The Bertz CT molecular complexity index is 176. The second-order valence-electron chi connectivity index (χ2n) is 5.17. The summed E-state index contributed by atoms with van der Waals surface area (Å²) in [6.45, 7) is 10.9. The molecule has 2 fully saturated rings. The fraction of sp³-hybridized carbons (Fsp3) is 1.00. The molecule has 1 N–H and O–H groups in total. The van der Waals surface area contributed by atoms with Gasteiger partial charge in [0.25, 0.3) is 0 Å². The summed E-state index contributed by atoms with van der Waals surface area (Å²) in [6.07, 6.45) is 0. The van der Waals surface area contributed by atoms with Crippen LogP contribution in [0.2, 0.25) is 0 Å². The van der Waals surface area contributed by atoms with Gasteiger partial charge in [-0.25, -0.2) is 0 Å². The first kappa shape index (κ1) is 9.44. The maximum atomic E-state index is 5.51. The van der Waals surface area contributed by atoms with Gasteiger partial charge < -0.3 is 10.1 Å². The quantitative estimate of drug-likeness (QED) is 0.592. The van der Waals surface area contributed by atoms with E-state index in [0.29, 0.717) is 17.6 Å². The van der Waals surface area contributed by atoms with Crippen LogP contribution in [0, 0.1) is 0 Å². The van der Waals surface area contributed by atoms with Gasteiger partial charge in [0.05, 0.1) is 13.2 Å². The van der Waals surface area contributed by atoms with Crippen molar-refractivity contribution >= 4 is 0 Å². The van der Waals surface area contributed by atoms with Gasteiger partial charge in [0.2, 0.25) is 0 Å². The SMILES string of the molecule is CC(C)(C)N1CC2COCC(C1)N2. The number of rotatable bonds is 0. The molecule has 2 saturated heterocycles. The molecule has 0 aromatic rings. The number of morpholine rings is 1. The summed E-state index contributed by atoms with van der Waals surface area (Å²) in [7, 11) is 0. The van der Waals surface area contributed by atoms with Crippen molar-refractivity contribution in [3.05, 3.63) is 0 Å². The third-order valence-electron chi connectivity index (χ3n) is 2.94. The molecule has 2 atom stereocenters. The second kappa shape index (κ2) is 3.23. The molecule has 0 radical (unpaired) electrons. The number of nitrogens with zero attached hydrogens (tertiary/aromatic N) is 1. The van der Waals surface area contributed by atoms with Crippen molar-refractivity contribution in [1.29, 1.82) is 0 Å². The standard InChI is InChI=1S/C10H20N2O/c1-10(2,3)12-4-8-6-13-7-9(5-12)11-8/h8-9,11H,4-7H2,1-3H3. The van der Waals surface area contributed by atoms with Gasteiger partial charge in [-0.1, -0.05) is 0 Å². The van der Waals surface area contributed by atoms with Gasteiger partial charge in [-0.3, -0.25) is 4.90 Å². The van der Waals surface area contributed by atoms with Gasteiger partial charge in [-0.15, -0.1) is 0 Å². The van der Waals surface area contributed by atoms with E-state index in [9.17, 15) is 0 Å². The number of piperazine rings is 1. The van der Waals surface area contributed by atoms with Crippen molar-refractivity contribution in [2.75, 3.05) is 26.3 Å². The lowest BCUT2D eigenvalue weighted by Crippen LogP contribution is -2.65. The third-order valence-corrected chi connectivity index (χ3v) is 2.94. The lowest BCUT2D eigenvalue weighted by atomic mass is 9.99. The highest BCUT2D eigenvalue weighted by atomic mass is 16.5. The first-order valence-electron chi connectivity index (χ1n) is 5.14. The van der Waals surface area contributed by atoms with Gasteiger partial charge in [0.15, 0.2) is 0 Å². The molecular weight excluding hydrogens is 164 g/mol. The molecule has 0 aliphatic carbocycles. The molecule has 2 aliphatic heterocycles. The van der Waals surface area contributed by atoms with Gasteiger partial charge in [-0.05, 0) is 20.8 Å². The monoisotopic (exact) mass is 184 g/mol. The third kappa shape index (κ3) is 2.03. The van der Waals surface area contributed by atoms with Crippen LogP contribution in [0.25, 0.3) is 0 Å². The van der Waals surface area contributed by atoms with Crippen LogP contribution in [0.15, 0.2) is 0 Å². The van der Waals surface area contributed by atoms with Gasteiger partial charge in [0.1, 0.15) is 0 Å². The average Bonchev–Trinajstić information content (AvgIpc) is 2.01. The molecule has 13 heavy (non-hydrogen) atoms. The van der Waals surface area contributed by atoms with E-state index in [1.807, 2.05) is 0 Å². The highest BCUT2D eigenvalue weighted by molar-refractivity contribution is 4.93. The Hall–Kier alpha value is -0.120. The Balaban J connectivity index is 2.01. The van der Waals surface area contributed by atoms with E-state index in [1.54, 1.807) is 0 Å². The maximum absolute atomic E-state index is 5.51. The van der Waals surface area contributed by atoms with Crippen LogP contribution < -0.4 is 5.32 Å². The summed E-state index contributed by atoms with van der Waals surface area (Å²) in [5, 5.41) is 3.59. The molecule has 2 bridgehead atoms. The van der Waals surface area contributed by atoms with E-state index < -0.39 is 0 Å². The van der Waals surface area contributed by atoms with Crippen molar-refractivity contribution in [2.24, 2.45) is 0 Å². The van der Waals surface area contributed by atoms with Crippen LogP contribution in [-0.2, 0) is 4.74 Å². The molecule has 2 aliphatic rings. The first-order chi connectivity index (χ1) is 6.05. The molecule has 3 heteroatoms. The highest BCUT2D eigenvalue weighted by Crippen LogP contribution is 2.19. The van der Waals surface area contributed by atoms with Crippen molar-refractivity contribution in [3.8, 4) is 0 Å². The minimum atomic E-state index is 0.302. The largest absolute Gasteiger partial charge is 0.378 e. The van der Waals surface area contributed by atoms with Crippen LogP contribution in [0.3, 0.4) is 0 Å². The zero-order valence-corrected chi connectivity index (χ0v) is 8.84. The van der Waals surface area contributed by atoms with Gasteiger partial charge in [-0.2, -0.15) is 0 Å². The first-order valence-corrected chi connectivity index (χ1v) is 5.14. The molecule has 0 aromatic heterocycles. The zero-order chi connectivity index (χ0) is 9.47. The van der Waals surface area contributed by atoms with E-state index in [4.69, 9.17) is 4.74 Å². The highest BCUT2D eigenvalue weighted by Gasteiger charge is 2.34. The van der Waals surface area contributed by atoms with Gasteiger partial charge in [0, 0.05) is 30.7 Å². The lowest BCUT2D eigenvalue weighted by Gasteiger charge is -2.47. The fourth-order valence-electron chi connectivity index (χ4n) is 2.15. The molecule has 3 nitrogen and oxygen atoms in total. The van der Waals surface area contributed by atoms with Crippen molar-refractivity contribution in [3.63, 3.8) is 0 Å². The van der Waals surface area contributed by atoms with Crippen LogP contribution >= 0.6 is 0 Å². The lowest BCUT2D eigenvalue weighted by molar-refractivity contribution is -0.0315. The predicted molar refractivity (Wildman–Crippen MR) is 52.9 cm³/mol. The number of hydrogen-bond acceptors (Lipinski definition) is 3. The van der Waals surface area contributed by atoms with Crippen molar-refractivity contribution in [2.45, 2.75) is 38.4 Å². The fourth-order valence-corrected chi connectivity index (χ4v) is 2.15. The second-order valence-corrected chi connectivity index (χ2v) is 5.17. The smallest absolute Gasteiger partial charge is 0.0633 e. The summed E-state index contributed by atoms with van der Waals surface area (Å²) < 4.78 is 5.51. The molecule has 2 heterocycles. The summed E-state index contributed by atoms with van der Waals surface area (Å²) >= 11 is 0. The molecule has 0 spiro atoms. The Morgan fingerprint density at radius 3 is 2.15 bits per heavy atom. The van der Waals surface area contributed by atoms with E-state index in [-0.39, 0.29) is 0 Å². The molecule has 0 amide bonds. The average molecular weight is 184 g/mol. The van der Waals surface area contributed by atoms with Crippen LogP contribution in [-0.4, -0.2) is 48.8 Å². The van der Waals surface area contributed by atoms with Crippen LogP contribution in [0.4, 0.5) is 0 Å². The normalized spacial score (nSPS) is 36.2. The number of fused-ring (bicyclic) bond motifs is 2. The summed E-state index contributed by atoms with van der Waals surface area (Å²) in [5.41, 5.74) is 0.302. The number of ether oxygens (including phenoxy) is 1. The number of hydrogen-bond donors (Lipinski definition) is 1. The molecular formula is C10H20N2O. The molecule has 0 aromatic carbocycles. The molecule has 2 unspecified atom stereocenters. The Labute approximate surface area is 80.4 Å². The Kier molecular flexibility index (Phi) is 2.34. The molecule has 0 saturated carbocycles. The minimum absolute atomic E-state index is 0.302. The molecule has 76 valence electrons. The predicted octanol–water partition coefficient (Wildman–Crippen LogP) is 0.457. The van der Waals surface area contributed by atoms with Crippen LogP contribution in [0.5, 0.6) is 0 Å². The van der Waals surface area contributed by atoms with E-state index in [2.05, 4.69) is 31.0 Å². The van der Waals surface area contributed by atoms with Gasteiger partial charge >= 0.3 is 0 Å². The summed E-state index contributed by atoms with van der Waals surface area (Å²) in [6, 6.07) is 1.10. The topological polar surface area (TPSA) is 24.5 Å². The summed E-state index contributed by atoms with van der Waals surface area (Å²) in [5.74, 6) is 0. The van der Waals surface area contributed by atoms with Crippen LogP contribution in [0.1, 0.15) is 20.8 Å². The number of nitrogens with one attached hydrogen (secondary N) is 1. The summed E-state index contributed by atoms with van der Waals surface area (Å²) in [4.78, 5) is 2.56. The maximum Gasteiger partial charge on any atom is 0.0633 e. The minimum Gasteiger partial charge on any atom is -0.378 e. The van der Waals surface area contributed by atoms with E-state index >= 15 is 0 Å². The van der Waals surface area contributed by atoms with Crippen molar-refractivity contribution in [1.82, 2.24) is 10.2 Å². The Morgan fingerprint density at radius 2 is 1.69 bits per heavy atom. The van der Waals surface area contributed by atoms with E-state index in [0.717, 1.165) is 26.3 Å². The molecule has 2 rings (SSSR count). The zero-order valence-electron chi connectivity index (χ0n) is 8.84. The van der Waals surface area contributed by atoms with E-state index in [1.165, 1.54) is 0 Å². The Morgan fingerprint density at radius 1 is 1.15 bits per heavy atom. The van der Waals surface area contributed by atoms with Crippen molar-refractivity contribution < 1.29 is 4.74 Å².